The fourth-order valence-electron chi connectivity index (χ4n) is 2.33. The minimum absolute atomic E-state index is 0.224. The maximum Gasteiger partial charge on any atom is 0.242 e. The summed E-state index contributed by atoms with van der Waals surface area (Å²) in [6.45, 7) is 0. The second-order valence-corrected chi connectivity index (χ2v) is 4.94. The van der Waals surface area contributed by atoms with E-state index in [0.29, 0.717) is 17.7 Å². The Hall–Kier alpha value is -2.18. The van der Waals surface area contributed by atoms with Crippen LogP contribution in [-0.2, 0) is 9.59 Å². The molecule has 0 aromatic carbocycles. The van der Waals surface area contributed by atoms with Gasteiger partial charge in [0.1, 0.15) is 0 Å². The molecule has 2 atom stereocenters. The van der Waals surface area contributed by atoms with E-state index in [0.717, 1.165) is 0 Å². The molecule has 1 fully saturated rings. The first-order chi connectivity index (χ1) is 9.56. The molecule has 2 aliphatic rings. The van der Waals surface area contributed by atoms with Gasteiger partial charge in [0, 0.05) is 12.1 Å². The molecule has 0 spiro atoms. The topological polar surface area (TPSA) is 72.0 Å². The van der Waals surface area contributed by atoms with Crippen molar-refractivity contribution in [2.24, 2.45) is 5.92 Å². The van der Waals surface area contributed by atoms with Crippen molar-refractivity contribution in [2.45, 2.75) is 25.2 Å². The first kappa shape index (κ1) is 12.8. The number of nitrogens with one attached hydrogen (secondary N) is 1. The molecule has 1 aromatic rings. The van der Waals surface area contributed by atoms with Gasteiger partial charge in [-0.1, -0.05) is 0 Å². The average Bonchev–Trinajstić information content (AvgIpc) is 3.19. The van der Waals surface area contributed by atoms with Crippen molar-refractivity contribution in [3.8, 4) is 0 Å². The van der Waals surface area contributed by atoms with Crippen molar-refractivity contribution in [3.63, 3.8) is 0 Å². The molecule has 1 saturated carbocycles. The van der Waals surface area contributed by atoms with Gasteiger partial charge in [-0.25, -0.2) is 8.78 Å². The number of allylic oxidation sites excluding steroid dienone is 1. The fraction of sp³-hybridized carbons (Fsp3) is 0.385. The Kier molecular flexibility index (Phi) is 3.04. The lowest BCUT2D eigenvalue weighted by molar-refractivity contribution is -0.125. The van der Waals surface area contributed by atoms with Crippen LogP contribution >= 0.6 is 0 Å². The lowest BCUT2D eigenvalue weighted by atomic mass is 10.0. The van der Waals surface area contributed by atoms with Gasteiger partial charge in [0.15, 0.2) is 5.78 Å². The molecule has 2 heterocycles. The van der Waals surface area contributed by atoms with E-state index in [9.17, 15) is 18.4 Å². The molecule has 7 heteroatoms. The predicted octanol–water partition coefficient (Wildman–Crippen LogP) is 1.28. The molecule has 104 valence electrons. The zero-order chi connectivity index (χ0) is 14.3. The van der Waals surface area contributed by atoms with Crippen LogP contribution in [0, 0.1) is 5.92 Å². The quantitative estimate of drug-likeness (QED) is 0.846. The van der Waals surface area contributed by atoms with Gasteiger partial charge >= 0.3 is 0 Å². The Morgan fingerprint density at radius 1 is 1.35 bits per heavy atom. The number of halogens is 2. The van der Waals surface area contributed by atoms with Crippen LogP contribution in [0.3, 0.4) is 0 Å². The van der Waals surface area contributed by atoms with Crippen molar-refractivity contribution in [3.05, 3.63) is 29.7 Å². The maximum absolute atomic E-state index is 12.6. The van der Waals surface area contributed by atoms with Gasteiger partial charge < -0.3 is 5.32 Å². The van der Waals surface area contributed by atoms with E-state index in [-0.39, 0.29) is 29.6 Å². The molecule has 1 amide bonds. The molecule has 1 aliphatic heterocycles. The van der Waals surface area contributed by atoms with Crippen LogP contribution < -0.4 is 5.32 Å². The summed E-state index contributed by atoms with van der Waals surface area (Å²) in [4.78, 5) is 22.8. The van der Waals surface area contributed by atoms with Gasteiger partial charge in [0.25, 0.3) is 0 Å². The van der Waals surface area contributed by atoms with Crippen molar-refractivity contribution in [2.75, 3.05) is 0 Å². The number of rotatable bonds is 3. The summed E-state index contributed by atoms with van der Waals surface area (Å²) >= 11 is 0. The molecule has 0 bridgehead atoms. The second-order valence-electron chi connectivity index (χ2n) is 4.94. The summed E-state index contributed by atoms with van der Waals surface area (Å²) in [6, 6.07) is 1.60. The Morgan fingerprint density at radius 2 is 2.15 bits per heavy atom. The molecule has 1 N–H and O–H groups in total. The van der Waals surface area contributed by atoms with Crippen LogP contribution in [0.15, 0.2) is 18.5 Å². The van der Waals surface area contributed by atoms with Crippen molar-refractivity contribution in [1.29, 1.82) is 0 Å². The minimum Gasteiger partial charge on any atom is -0.331 e. The van der Waals surface area contributed by atoms with Gasteiger partial charge in [-0.15, -0.1) is 0 Å². The fourth-order valence-corrected chi connectivity index (χ4v) is 2.33. The molecule has 1 aliphatic carbocycles. The summed E-state index contributed by atoms with van der Waals surface area (Å²) in [5, 5.41) is 10.1. The van der Waals surface area contributed by atoms with E-state index >= 15 is 0 Å². The van der Waals surface area contributed by atoms with Crippen LogP contribution in [0.1, 0.15) is 30.0 Å². The SMILES string of the molecule is O=C1CC(=O)C(c2cc([C@H]3C[C@@H]3C(F)F)cnn2)=CN1. The van der Waals surface area contributed by atoms with Crippen LogP contribution in [0.25, 0.3) is 5.57 Å². The molecule has 3 rings (SSSR count). The van der Waals surface area contributed by atoms with Crippen LogP contribution in [-0.4, -0.2) is 28.3 Å². The number of ketones is 1. The first-order valence-corrected chi connectivity index (χ1v) is 6.20. The van der Waals surface area contributed by atoms with Gasteiger partial charge in [0.05, 0.1) is 23.9 Å². The second kappa shape index (κ2) is 4.73. The average molecular weight is 279 g/mol. The summed E-state index contributed by atoms with van der Waals surface area (Å²) in [7, 11) is 0. The van der Waals surface area contributed by atoms with E-state index in [1.54, 1.807) is 6.07 Å². The monoisotopic (exact) mass is 279 g/mol. The molecule has 5 nitrogen and oxygen atoms in total. The molecule has 0 radical (unpaired) electrons. The predicted molar refractivity (Wildman–Crippen MR) is 64.6 cm³/mol. The van der Waals surface area contributed by atoms with Crippen LogP contribution in [0.5, 0.6) is 0 Å². The van der Waals surface area contributed by atoms with E-state index in [4.69, 9.17) is 0 Å². The third-order valence-corrected chi connectivity index (χ3v) is 3.54. The highest BCUT2D eigenvalue weighted by atomic mass is 19.3. The highest BCUT2D eigenvalue weighted by molar-refractivity contribution is 6.27. The number of hydrogen-bond acceptors (Lipinski definition) is 4. The van der Waals surface area contributed by atoms with Crippen molar-refractivity contribution in [1.82, 2.24) is 15.5 Å². The normalized spacial score (nSPS) is 25.4. The summed E-state index contributed by atoms with van der Waals surface area (Å²) in [5.74, 6) is -1.58. The van der Waals surface area contributed by atoms with Crippen molar-refractivity contribution < 1.29 is 18.4 Å². The largest absolute Gasteiger partial charge is 0.331 e. The summed E-state index contributed by atoms with van der Waals surface area (Å²) in [6.07, 6.45) is 0.585. The van der Waals surface area contributed by atoms with Gasteiger partial charge in [-0.3, -0.25) is 9.59 Å². The lowest BCUT2D eigenvalue weighted by Crippen LogP contribution is -2.27. The molecule has 0 unspecified atom stereocenters. The Balaban J connectivity index is 1.85. The molecular weight excluding hydrogens is 268 g/mol. The number of amides is 1. The third-order valence-electron chi connectivity index (χ3n) is 3.54. The van der Waals surface area contributed by atoms with Crippen LogP contribution in [0.4, 0.5) is 8.78 Å². The zero-order valence-corrected chi connectivity index (χ0v) is 10.3. The Morgan fingerprint density at radius 3 is 2.80 bits per heavy atom. The summed E-state index contributed by atoms with van der Waals surface area (Å²) < 4.78 is 25.1. The third kappa shape index (κ3) is 2.31. The number of nitrogens with zero attached hydrogens (tertiary/aromatic N) is 2. The van der Waals surface area contributed by atoms with Gasteiger partial charge in [0.2, 0.25) is 12.3 Å². The van der Waals surface area contributed by atoms with E-state index < -0.39 is 12.3 Å². The standard InChI is InChI=1S/C13H11F2N3O2/c14-13(15)8-2-7(8)6-1-10(18-17-4-6)9-5-16-12(20)3-11(9)19/h1,4-5,7-8,13H,2-3H2,(H,16,20)/t7-,8+/m1/s1. The highest BCUT2D eigenvalue weighted by Crippen LogP contribution is 2.50. The molecule has 0 saturated heterocycles. The lowest BCUT2D eigenvalue weighted by Gasteiger charge is -2.11. The smallest absolute Gasteiger partial charge is 0.242 e. The molecule has 20 heavy (non-hydrogen) atoms. The van der Waals surface area contributed by atoms with E-state index in [1.807, 2.05) is 0 Å². The Bertz CT molecular complexity index is 615. The van der Waals surface area contributed by atoms with Gasteiger partial charge in [-0.05, 0) is 24.0 Å². The number of hydrogen-bond donors (Lipinski definition) is 1. The van der Waals surface area contributed by atoms with Crippen LogP contribution in [0.2, 0.25) is 0 Å². The number of Topliss-reactive ketones (excluding diaryl/α,β-unsaturated/α-hetero) is 1. The number of carbonyl (C=O) groups excluding carboxylic acids is 2. The summed E-state index contributed by atoms with van der Waals surface area (Å²) in [5.41, 5.74) is 1.23. The maximum atomic E-state index is 12.6. The number of aromatic nitrogens is 2. The highest BCUT2D eigenvalue weighted by Gasteiger charge is 2.45. The minimum atomic E-state index is -2.34. The zero-order valence-electron chi connectivity index (χ0n) is 10.3. The number of alkyl halides is 2. The number of carbonyl (C=O) groups is 2. The van der Waals surface area contributed by atoms with Crippen molar-refractivity contribution >= 4 is 17.3 Å². The van der Waals surface area contributed by atoms with E-state index in [1.165, 1.54) is 12.4 Å². The molecular formula is C13H11F2N3O2. The first-order valence-electron chi connectivity index (χ1n) is 6.20. The molecule has 1 aromatic heterocycles. The van der Waals surface area contributed by atoms with E-state index in [2.05, 4.69) is 15.5 Å². The van der Waals surface area contributed by atoms with Gasteiger partial charge in [-0.2, -0.15) is 10.2 Å². The Labute approximate surface area is 113 Å².